The minimum Gasteiger partial charge on any atom is -0.488 e. The highest BCUT2D eigenvalue weighted by Gasteiger charge is 2.41. The van der Waals surface area contributed by atoms with Crippen LogP contribution in [0.15, 0.2) is 42.5 Å². The van der Waals surface area contributed by atoms with Gasteiger partial charge in [0.05, 0.1) is 17.0 Å². The first-order valence-corrected chi connectivity index (χ1v) is 8.60. The number of nitrogens with zero attached hydrogens (tertiary/aromatic N) is 2. The summed E-state index contributed by atoms with van der Waals surface area (Å²) < 4.78 is 5.73. The van der Waals surface area contributed by atoms with Crippen LogP contribution in [-0.2, 0) is 11.2 Å². The van der Waals surface area contributed by atoms with Crippen molar-refractivity contribution < 1.29 is 24.0 Å². The molecule has 3 amide bonds. The first-order valence-electron chi connectivity index (χ1n) is 8.60. The average molecular weight is 381 g/mol. The number of hydrogen-bond donors (Lipinski definition) is 1. The first kappa shape index (κ1) is 17.7. The van der Waals surface area contributed by atoms with Crippen LogP contribution in [0.5, 0.6) is 5.75 Å². The molecule has 142 valence electrons. The summed E-state index contributed by atoms with van der Waals surface area (Å²) in [5.74, 6) is -1.33. The van der Waals surface area contributed by atoms with Crippen molar-refractivity contribution in [2.24, 2.45) is 0 Å². The maximum absolute atomic E-state index is 12.5. The van der Waals surface area contributed by atoms with E-state index in [4.69, 9.17) is 4.74 Å². The number of nitro benzene ring substituents is 1. The summed E-state index contributed by atoms with van der Waals surface area (Å²) in [6, 6.07) is 11.4. The van der Waals surface area contributed by atoms with Gasteiger partial charge in [0, 0.05) is 12.5 Å². The smallest absolute Gasteiger partial charge is 0.282 e. The quantitative estimate of drug-likeness (QED) is 0.474. The van der Waals surface area contributed by atoms with Gasteiger partial charge in [0.1, 0.15) is 24.0 Å². The van der Waals surface area contributed by atoms with E-state index in [1.165, 1.54) is 12.1 Å². The van der Waals surface area contributed by atoms with Crippen molar-refractivity contribution in [3.05, 3.63) is 69.3 Å². The molecule has 9 nitrogen and oxygen atoms in total. The maximum Gasteiger partial charge on any atom is 0.282 e. The van der Waals surface area contributed by atoms with Gasteiger partial charge in [-0.15, -0.1) is 0 Å². The molecule has 0 bridgehead atoms. The fourth-order valence-electron chi connectivity index (χ4n) is 3.41. The molecule has 2 aromatic carbocycles. The number of nitrogens with one attached hydrogen (secondary N) is 1. The molecule has 2 aromatic rings. The number of imide groups is 1. The standard InChI is InChI=1S/C19H15N3O6/c23-16(20-9-12-8-11-4-1-2-7-15(11)28-12)10-21-18(24)13-5-3-6-14(22(26)27)17(13)19(21)25/h1-7,12H,8-10H2,(H,20,23). The van der Waals surface area contributed by atoms with Gasteiger partial charge >= 0.3 is 0 Å². The zero-order valence-electron chi connectivity index (χ0n) is 14.6. The van der Waals surface area contributed by atoms with Gasteiger partial charge in [0.2, 0.25) is 5.91 Å². The van der Waals surface area contributed by atoms with Gasteiger partial charge in [-0.3, -0.25) is 29.4 Å². The Balaban J connectivity index is 1.39. The second kappa shape index (κ2) is 6.76. The SMILES string of the molecule is O=C(CN1C(=O)c2cccc([N+](=O)[O-])c2C1=O)NCC1Cc2ccccc2O1. The summed E-state index contributed by atoms with van der Waals surface area (Å²) in [5.41, 5.74) is 0.256. The number of amides is 3. The van der Waals surface area contributed by atoms with Gasteiger partial charge in [-0.1, -0.05) is 24.3 Å². The molecular formula is C19H15N3O6. The van der Waals surface area contributed by atoms with E-state index in [0.29, 0.717) is 6.42 Å². The first-order chi connectivity index (χ1) is 13.5. The topological polar surface area (TPSA) is 119 Å². The second-order valence-electron chi connectivity index (χ2n) is 6.51. The van der Waals surface area contributed by atoms with Gasteiger partial charge in [-0.25, -0.2) is 0 Å². The van der Waals surface area contributed by atoms with E-state index in [2.05, 4.69) is 5.32 Å². The van der Waals surface area contributed by atoms with Crippen LogP contribution in [0.25, 0.3) is 0 Å². The van der Waals surface area contributed by atoms with Crippen LogP contribution >= 0.6 is 0 Å². The third-order valence-corrected chi connectivity index (χ3v) is 4.72. The second-order valence-corrected chi connectivity index (χ2v) is 6.51. The number of hydrogen-bond acceptors (Lipinski definition) is 6. The van der Waals surface area contributed by atoms with Crippen molar-refractivity contribution in [1.82, 2.24) is 10.2 Å². The Bertz CT molecular complexity index is 993. The van der Waals surface area contributed by atoms with Crippen molar-refractivity contribution in [2.45, 2.75) is 12.5 Å². The Morgan fingerprint density at radius 1 is 1.18 bits per heavy atom. The average Bonchev–Trinajstić information content (AvgIpc) is 3.21. The van der Waals surface area contributed by atoms with Crippen molar-refractivity contribution in [2.75, 3.05) is 13.1 Å². The van der Waals surface area contributed by atoms with E-state index >= 15 is 0 Å². The van der Waals surface area contributed by atoms with E-state index < -0.39 is 34.9 Å². The fourth-order valence-corrected chi connectivity index (χ4v) is 3.41. The van der Waals surface area contributed by atoms with Crippen LogP contribution in [0.3, 0.4) is 0 Å². The molecule has 4 rings (SSSR count). The van der Waals surface area contributed by atoms with Gasteiger partial charge in [-0.05, 0) is 17.7 Å². The van der Waals surface area contributed by atoms with E-state index in [-0.39, 0.29) is 23.8 Å². The lowest BCUT2D eigenvalue weighted by molar-refractivity contribution is -0.385. The molecule has 1 atom stereocenters. The molecule has 9 heteroatoms. The van der Waals surface area contributed by atoms with Gasteiger partial charge in [-0.2, -0.15) is 0 Å². The Hall–Kier alpha value is -3.75. The minimum absolute atomic E-state index is 0.0680. The van der Waals surface area contributed by atoms with E-state index in [0.717, 1.165) is 22.3 Å². The van der Waals surface area contributed by atoms with Crippen molar-refractivity contribution in [3.63, 3.8) is 0 Å². The summed E-state index contributed by atoms with van der Waals surface area (Å²) in [7, 11) is 0. The number of rotatable bonds is 5. The molecule has 0 aromatic heterocycles. The molecule has 2 aliphatic heterocycles. The summed E-state index contributed by atoms with van der Waals surface area (Å²) in [4.78, 5) is 48.2. The van der Waals surface area contributed by atoms with E-state index in [1.807, 2.05) is 24.3 Å². The summed E-state index contributed by atoms with van der Waals surface area (Å²) >= 11 is 0. The van der Waals surface area contributed by atoms with Gasteiger partial charge in [0.15, 0.2) is 0 Å². The predicted molar refractivity (Wildman–Crippen MR) is 96.0 cm³/mol. The number of nitro groups is 1. The Morgan fingerprint density at radius 2 is 1.96 bits per heavy atom. The van der Waals surface area contributed by atoms with Crippen LogP contribution in [0.2, 0.25) is 0 Å². The zero-order valence-corrected chi connectivity index (χ0v) is 14.6. The highest BCUT2D eigenvalue weighted by Crippen LogP contribution is 2.30. The molecule has 0 aliphatic carbocycles. The molecule has 1 unspecified atom stereocenters. The third kappa shape index (κ3) is 2.96. The Morgan fingerprint density at radius 3 is 2.71 bits per heavy atom. The number of benzene rings is 2. The molecule has 0 saturated carbocycles. The minimum atomic E-state index is -0.841. The van der Waals surface area contributed by atoms with Crippen LogP contribution in [-0.4, -0.2) is 46.7 Å². The van der Waals surface area contributed by atoms with Gasteiger partial charge < -0.3 is 10.1 Å². The zero-order chi connectivity index (χ0) is 19.8. The van der Waals surface area contributed by atoms with Crippen LogP contribution in [0.4, 0.5) is 5.69 Å². The third-order valence-electron chi connectivity index (χ3n) is 4.72. The molecule has 0 spiro atoms. The lowest BCUT2D eigenvalue weighted by Gasteiger charge is -2.15. The highest BCUT2D eigenvalue weighted by atomic mass is 16.6. The molecule has 0 saturated heterocycles. The van der Waals surface area contributed by atoms with Crippen LogP contribution in [0, 0.1) is 10.1 Å². The number of carbonyl (C=O) groups excluding carboxylic acids is 3. The van der Waals surface area contributed by atoms with Crippen molar-refractivity contribution in [1.29, 1.82) is 0 Å². The molecule has 28 heavy (non-hydrogen) atoms. The molecular weight excluding hydrogens is 366 g/mol. The van der Waals surface area contributed by atoms with E-state index in [1.54, 1.807) is 0 Å². The number of carbonyl (C=O) groups is 3. The molecule has 0 radical (unpaired) electrons. The number of fused-ring (bicyclic) bond motifs is 2. The number of ether oxygens (including phenoxy) is 1. The predicted octanol–water partition coefficient (Wildman–Crippen LogP) is 1.31. The monoisotopic (exact) mass is 381 g/mol. The lowest BCUT2D eigenvalue weighted by Crippen LogP contribution is -2.43. The van der Waals surface area contributed by atoms with Crippen LogP contribution < -0.4 is 10.1 Å². The fraction of sp³-hybridized carbons (Fsp3) is 0.211. The summed E-state index contributed by atoms with van der Waals surface area (Å²) in [6.45, 7) is -0.292. The van der Waals surface area contributed by atoms with Gasteiger partial charge in [0.25, 0.3) is 17.5 Å². The van der Waals surface area contributed by atoms with E-state index in [9.17, 15) is 24.5 Å². The number of para-hydroxylation sites is 1. The lowest BCUT2D eigenvalue weighted by atomic mass is 10.1. The summed E-state index contributed by atoms with van der Waals surface area (Å²) in [6.07, 6.45) is 0.417. The highest BCUT2D eigenvalue weighted by molar-refractivity contribution is 6.24. The molecule has 1 N–H and O–H groups in total. The van der Waals surface area contributed by atoms with Crippen LogP contribution in [0.1, 0.15) is 26.3 Å². The molecule has 2 heterocycles. The molecule has 0 fully saturated rings. The summed E-state index contributed by atoms with van der Waals surface area (Å²) in [5, 5.41) is 13.8. The maximum atomic E-state index is 12.5. The normalized spacial score (nSPS) is 17.1. The molecule has 2 aliphatic rings. The van der Waals surface area contributed by atoms with Crippen molar-refractivity contribution >= 4 is 23.4 Å². The van der Waals surface area contributed by atoms with Crippen molar-refractivity contribution in [3.8, 4) is 5.75 Å². The largest absolute Gasteiger partial charge is 0.488 e. The Kier molecular flexibility index (Phi) is 4.26. The Labute approximate surface area is 159 Å².